The Labute approximate surface area is 96.6 Å². The van der Waals surface area contributed by atoms with Crippen molar-refractivity contribution >= 4 is 5.69 Å². The van der Waals surface area contributed by atoms with Crippen LogP contribution in [0.1, 0.15) is 24.8 Å². The van der Waals surface area contributed by atoms with Crippen molar-refractivity contribution in [2.75, 3.05) is 5.73 Å². The van der Waals surface area contributed by atoms with Crippen LogP contribution < -0.4 is 11.5 Å². The maximum atomic E-state index is 5.72. The Kier molecular flexibility index (Phi) is 3.30. The Balaban J connectivity index is 1.90. The van der Waals surface area contributed by atoms with Crippen LogP contribution in [0, 0.1) is 0 Å². The van der Waals surface area contributed by atoms with E-state index >= 15 is 0 Å². The maximum Gasteiger partial charge on any atom is 0.0314 e. The van der Waals surface area contributed by atoms with Gasteiger partial charge in [-0.05, 0) is 49.5 Å². The van der Waals surface area contributed by atoms with Crippen molar-refractivity contribution in [1.82, 2.24) is 0 Å². The number of nitrogens with two attached hydrogens (primary N) is 2. The highest BCUT2D eigenvalue weighted by molar-refractivity contribution is 5.39. The van der Waals surface area contributed by atoms with Gasteiger partial charge in [0.1, 0.15) is 0 Å². The van der Waals surface area contributed by atoms with Gasteiger partial charge in [0, 0.05) is 11.4 Å². The average Bonchev–Trinajstić information content (AvgIpc) is 2.30. The van der Waals surface area contributed by atoms with E-state index in [-0.39, 0.29) is 0 Å². The molecule has 0 amide bonds. The Morgan fingerprint density at radius 3 is 2.25 bits per heavy atom. The molecule has 0 spiro atoms. The Morgan fingerprint density at radius 1 is 0.875 bits per heavy atom. The lowest BCUT2D eigenvalue weighted by Crippen LogP contribution is -2.02. The van der Waals surface area contributed by atoms with Gasteiger partial charge in [-0.2, -0.15) is 0 Å². The third kappa shape index (κ3) is 2.89. The second-order valence-corrected chi connectivity index (χ2v) is 4.31. The molecule has 2 rings (SSSR count). The highest BCUT2D eigenvalue weighted by atomic mass is 14.6. The highest BCUT2D eigenvalue weighted by Gasteiger charge is 2.04. The van der Waals surface area contributed by atoms with E-state index in [0.717, 1.165) is 37.1 Å². The zero-order chi connectivity index (χ0) is 11.4. The fraction of sp³-hybridized carbons (Fsp3) is 0.286. The summed E-state index contributed by atoms with van der Waals surface area (Å²) in [5.41, 5.74) is 16.0. The monoisotopic (exact) mass is 214 g/mol. The fourth-order valence-electron chi connectivity index (χ4n) is 1.89. The van der Waals surface area contributed by atoms with Gasteiger partial charge in [-0.25, -0.2) is 0 Å². The van der Waals surface area contributed by atoms with E-state index in [1.165, 1.54) is 11.1 Å². The summed E-state index contributed by atoms with van der Waals surface area (Å²) in [6.07, 6.45) is 8.51. The number of rotatable bonds is 3. The van der Waals surface area contributed by atoms with E-state index in [4.69, 9.17) is 11.5 Å². The van der Waals surface area contributed by atoms with Gasteiger partial charge in [-0.3, -0.25) is 0 Å². The number of hydrogen-bond acceptors (Lipinski definition) is 2. The molecule has 1 aromatic carbocycles. The molecule has 0 aromatic heterocycles. The summed E-state index contributed by atoms with van der Waals surface area (Å²) in [5, 5.41) is 0. The standard InChI is InChI=1S/C14H18N2/c15-13-7-3-11(4-8-13)1-2-12-5-9-14(16)10-6-12/h3-5,7-9H,1-2,6,10,15-16H2. The van der Waals surface area contributed by atoms with Crippen molar-refractivity contribution in [2.45, 2.75) is 25.7 Å². The number of hydrogen-bond donors (Lipinski definition) is 2. The molecule has 1 aliphatic carbocycles. The normalized spacial score (nSPS) is 15.5. The minimum Gasteiger partial charge on any atom is -0.402 e. The molecule has 0 heterocycles. The summed E-state index contributed by atoms with van der Waals surface area (Å²) in [6, 6.07) is 8.12. The molecule has 0 bridgehead atoms. The van der Waals surface area contributed by atoms with Crippen LogP contribution in [-0.4, -0.2) is 0 Å². The smallest absolute Gasteiger partial charge is 0.0314 e. The van der Waals surface area contributed by atoms with E-state index in [2.05, 4.69) is 18.2 Å². The first-order valence-electron chi connectivity index (χ1n) is 5.72. The van der Waals surface area contributed by atoms with Gasteiger partial charge >= 0.3 is 0 Å². The molecule has 2 heteroatoms. The van der Waals surface area contributed by atoms with Crippen LogP contribution in [0.5, 0.6) is 0 Å². The molecule has 0 aliphatic heterocycles. The first-order valence-corrected chi connectivity index (χ1v) is 5.72. The summed E-state index contributed by atoms with van der Waals surface area (Å²) in [6.45, 7) is 0. The molecule has 1 aromatic rings. The number of nitrogen functional groups attached to an aromatic ring is 1. The maximum absolute atomic E-state index is 5.72. The summed E-state index contributed by atoms with van der Waals surface area (Å²) >= 11 is 0. The van der Waals surface area contributed by atoms with Crippen molar-refractivity contribution < 1.29 is 0 Å². The third-order valence-electron chi connectivity index (χ3n) is 2.98. The van der Waals surface area contributed by atoms with Crippen molar-refractivity contribution in [1.29, 1.82) is 0 Å². The zero-order valence-electron chi connectivity index (χ0n) is 9.45. The number of allylic oxidation sites excluding steroid dienone is 4. The first kappa shape index (κ1) is 10.8. The van der Waals surface area contributed by atoms with Crippen LogP contribution in [0.25, 0.3) is 0 Å². The quantitative estimate of drug-likeness (QED) is 0.760. The van der Waals surface area contributed by atoms with Crippen molar-refractivity contribution in [3.8, 4) is 0 Å². The average molecular weight is 214 g/mol. The van der Waals surface area contributed by atoms with Gasteiger partial charge in [0.25, 0.3) is 0 Å². The molecule has 16 heavy (non-hydrogen) atoms. The molecule has 0 fully saturated rings. The van der Waals surface area contributed by atoms with E-state index in [1.54, 1.807) is 0 Å². The van der Waals surface area contributed by atoms with E-state index < -0.39 is 0 Å². The van der Waals surface area contributed by atoms with E-state index in [9.17, 15) is 0 Å². The molecular weight excluding hydrogens is 196 g/mol. The second kappa shape index (κ2) is 4.88. The molecule has 4 N–H and O–H groups in total. The van der Waals surface area contributed by atoms with Crippen LogP contribution in [0.3, 0.4) is 0 Å². The summed E-state index contributed by atoms with van der Waals surface area (Å²) in [5.74, 6) is 0. The second-order valence-electron chi connectivity index (χ2n) is 4.31. The lowest BCUT2D eigenvalue weighted by atomic mass is 9.96. The summed E-state index contributed by atoms with van der Waals surface area (Å²) in [7, 11) is 0. The lowest BCUT2D eigenvalue weighted by molar-refractivity contribution is 0.810. The first-order chi connectivity index (χ1) is 7.74. The summed E-state index contributed by atoms with van der Waals surface area (Å²) in [4.78, 5) is 0. The molecule has 0 atom stereocenters. The van der Waals surface area contributed by atoms with Gasteiger partial charge in [-0.1, -0.05) is 23.8 Å². The van der Waals surface area contributed by atoms with Crippen LogP contribution in [0.2, 0.25) is 0 Å². The van der Waals surface area contributed by atoms with Crippen molar-refractivity contribution in [2.24, 2.45) is 5.73 Å². The van der Waals surface area contributed by atoms with Crippen molar-refractivity contribution in [3.63, 3.8) is 0 Å². The lowest BCUT2D eigenvalue weighted by Gasteiger charge is -2.11. The van der Waals surface area contributed by atoms with Gasteiger partial charge in [-0.15, -0.1) is 0 Å². The topological polar surface area (TPSA) is 52.0 Å². The number of anilines is 1. The van der Waals surface area contributed by atoms with E-state index in [0.29, 0.717) is 0 Å². The van der Waals surface area contributed by atoms with Crippen LogP contribution >= 0.6 is 0 Å². The Hall–Kier alpha value is -1.70. The summed E-state index contributed by atoms with van der Waals surface area (Å²) < 4.78 is 0. The largest absolute Gasteiger partial charge is 0.402 e. The van der Waals surface area contributed by atoms with Crippen LogP contribution in [0.4, 0.5) is 5.69 Å². The minimum atomic E-state index is 0.830. The third-order valence-corrected chi connectivity index (χ3v) is 2.98. The molecule has 0 radical (unpaired) electrons. The molecule has 84 valence electrons. The van der Waals surface area contributed by atoms with E-state index in [1.807, 2.05) is 18.2 Å². The predicted octanol–water partition coefficient (Wildman–Crippen LogP) is 2.76. The molecule has 0 saturated heterocycles. The molecule has 0 unspecified atom stereocenters. The van der Waals surface area contributed by atoms with Gasteiger partial charge in [0.2, 0.25) is 0 Å². The number of aryl methyl sites for hydroxylation is 1. The van der Waals surface area contributed by atoms with Gasteiger partial charge < -0.3 is 11.5 Å². The number of benzene rings is 1. The van der Waals surface area contributed by atoms with Crippen LogP contribution in [-0.2, 0) is 6.42 Å². The predicted molar refractivity (Wildman–Crippen MR) is 68.8 cm³/mol. The van der Waals surface area contributed by atoms with Crippen molar-refractivity contribution in [3.05, 3.63) is 53.3 Å². The fourth-order valence-corrected chi connectivity index (χ4v) is 1.89. The Morgan fingerprint density at radius 2 is 1.62 bits per heavy atom. The molecule has 1 aliphatic rings. The SMILES string of the molecule is NC1=CC=C(CCc2ccc(N)cc2)CC1. The van der Waals surface area contributed by atoms with Gasteiger partial charge in [0.05, 0.1) is 0 Å². The Bertz CT molecular complexity index is 413. The molecule has 0 saturated carbocycles. The highest BCUT2D eigenvalue weighted by Crippen LogP contribution is 2.20. The zero-order valence-corrected chi connectivity index (χ0v) is 9.45. The van der Waals surface area contributed by atoms with Gasteiger partial charge in [0.15, 0.2) is 0 Å². The van der Waals surface area contributed by atoms with Crippen LogP contribution in [0.15, 0.2) is 47.7 Å². The molecular formula is C14H18N2. The minimum absolute atomic E-state index is 0.830. The molecule has 2 nitrogen and oxygen atoms in total.